The van der Waals surface area contributed by atoms with E-state index >= 15 is 0 Å². The van der Waals surface area contributed by atoms with E-state index in [1.165, 1.54) is 6.92 Å². The van der Waals surface area contributed by atoms with Gasteiger partial charge in [0.25, 0.3) is 0 Å². The van der Waals surface area contributed by atoms with Crippen molar-refractivity contribution < 1.29 is 14.7 Å². The molecule has 2 rings (SSSR count). The van der Waals surface area contributed by atoms with Gasteiger partial charge in [0.2, 0.25) is 5.91 Å². The van der Waals surface area contributed by atoms with E-state index in [-0.39, 0.29) is 6.54 Å². The molecular weight excluding hydrogens is 292 g/mol. The molecule has 1 heterocycles. The van der Waals surface area contributed by atoms with Gasteiger partial charge in [-0.2, -0.15) is 0 Å². The van der Waals surface area contributed by atoms with Gasteiger partial charge in [-0.1, -0.05) is 30.3 Å². The van der Waals surface area contributed by atoms with Crippen LogP contribution in [0.4, 0.5) is 0 Å². The number of rotatable bonds is 6. The number of aromatic nitrogens is 1. The van der Waals surface area contributed by atoms with Crippen LogP contribution in [0.15, 0.2) is 48.7 Å². The summed E-state index contributed by atoms with van der Waals surface area (Å²) >= 11 is 0. The van der Waals surface area contributed by atoms with E-state index in [9.17, 15) is 9.59 Å². The lowest BCUT2D eigenvalue weighted by Crippen LogP contribution is -2.37. The van der Waals surface area contributed by atoms with Crippen LogP contribution in [0, 0.1) is 12.8 Å². The average molecular weight is 312 g/mol. The summed E-state index contributed by atoms with van der Waals surface area (Å²) in [7, 11) is 0. The fraction of sp³-hybridized carbons (Fsp3) is 0.278. The Morgan fingerprint density at radius 3 is 2.43 bits per heavy atom. The molecule has 1 aromatic heterocycles. The Kier molecular flexibility index (Phi) is 5.46. The number of pyridine rings is 1. The Morgan fingerprint density at radius 2 is 1.83 bits per heavy atom. The number of nitrogens with zero attached hydrogens (tertiary/aromatic N) is 2. The van der Waals surface area contributed by atoms with Crippen molar-refractivity contribution in [2.75, 3.05) is 0 Å². The van der Waals surface area contributed by atoms with E-state index in [4.69, 9.17) is 5.11 Å². The first-order valence-electron chi connectivity index (χ1n) is 7.45. The molecule has 1 amide bonds. The molecule has 0 aliphatic heterocycles. The molecule has 23 heavy (non-hydrogen) atoms. The highest BCUT2D eigenvalue weighted by atomic mass is 16.4. The van der Waals surface area contributed by atoms with E-state index in [0.29, 0.717) is 6.54 Å². The molecule has 0 saturated carbocycles. The van der Waals surface area contributed by atoms with Crippen LogP contribution < -0.4 is 0 Å². The molecule has 0 fully saturated rings. The van der Waals surface area contributed by atoms with Gasteiger partial charge >= 0.3 is 5.97 Å². The van der Waals surface area contributed by atoms with Gasteiger partial charge in [-0.25, -0.2) is 0 Å². The maximum atomic E-state index is 12.5. The summed E-state index contributed by atoms with van der Waals surface area (Å²) in [5.74, 6) is -2.61. The Labute approximate surface area is 135 Å². The highest BCUT2D eigenvalue weighted by molar-refractivity contribution is 5.96. The van der Waals surface area contributed by atoms with E-state index in [1.54, 1.807) is 17.2 Å². The predicted octanol–water partition coefficient (Wildman–Crippen LogP) is 2.64. The summed E-state index contributed by atoms with van der Waals surface area (Å²) in [6.07, 6.45) is 1.66. The number of aryl methyl sites for hydroxylation is 1. The largest absolute Gasteiger partial charge is 0.481 e. The van der Waals surface area contributed by atoms with Crippen molar-refractivity contribution >= 4 is 11.9 Å². The van der Waals surface area contributed by atoms with Crippen LogP contribution in [0.1, 0.15) is 23.7 Å². The number of carbonyl (C=O) groups excluding carboxylic acids is 1. The minimum atomic E-state index is -1.12. The van der Waals surface area contributed by atoms with E-state index in [2.05, 4.69) is 4.98 Å². The SMILES string of the molecule is Cc1ccccc1CN(Cc1ccccn1)C(=O)C(C)C(=O)O. The number of hydrogen-bond donors (Lipinski definition) is 1. The van der Waals surface area contributed by atoms with Crippen LogP contribution in [-0.4, -0.2) is 26.9 Å². The molecule has 0 aliphatic carbocycles. The van der Waals surface area contributed by atoms with Gasteiger partial charge in [0.15, 0.2) is 0 Å². The molecule has 2 aromatic rings. The van der Waals surface area contributed by atoms with Crippen LogP contribution in [0.3, 0.4) is 0 Å². The first-order valence-corrected chi connectivity index (χ1v) is 7.45. The van der Waals surface area contributed by atoms with Gasteiger partial charge in [0.05, 0.1) is 12.2 Å². The number of carboxylic acids is 1. The monoisotopic (exact) mass is 312 g/mol. The summed E-state index contributed by atoms with van der Waals surface area (Å²) < 4.78 is 0. The van der Waals surface area contributed by atoms with Crippen molar-refractivity contribution in [3.63, 3.8) is 0 Å². The summed E-state index contributed by atoms with van der Waals surface area (Å²) in [5.41, 5.74) is 2.79. The number of benzene rings is 1. The summed E-state index contributed by atoms with van der Waals surface area (Å²) in [5, 5.41) is 9.12. The van der Waals surface area contributed by atoms with Crippen molar-refractivity contribution in [2.45, 2.75) is 26.9 Å². The molecule has 1 aromatic carbocycles. The van der Waals surface area contributed by atoms with Gasteiger partial charge in [-0.05, 0) is 37.1 Å². The Morgan fingerprint density at radius 1 is 1.13 bits per heavy atom. The second-order valence-corrected chi connectivity index (χ2v) is 5.50. The van der Waals surface area contributed by atoms with Crippen LogP contribution in [0.2, 0.25) is 0 Å². The third kappa shape index (κ3) is 4.39. The van der Waals surface area contributed by atoms with Gasteiger partial charge in [-0.15, -0.1) is 0 Å². The zero-order valence-electron chi connectivity index (χ0n) is 13.3. The highest BCUT2D eigenvalue weighted by Crippen LogP contribution is 2.15. The van der Waals surface area contributed by atoms with Crippen molar-refractivity contribution in [2.24, 2.45) is 5.92 Å². The van der Waals surface area contributed by atoms with Crippen molar-refractivity contribution in [1.82, 2.24) is 9.88 Å². The smallest absolute Gasteiger partial charge is 0.315 e. The fourth-order valence-corrected chi connectivity index (χ4v) is 2.27. The normalized spacial score (nSPS) is 11.7. The molecule has 0 radical (unpaired) electrons. The first kappa shape index (κ1) is 16.7. The number of carbonyl (C=O) groups is 2. The minimum Gasteiger partial charge on any atom is -0.481 e. The molecule has 0 aliphatic rings. The van der Waals surface area contributed by atoms with E-state index in [1.807, 2.05) is 43.3 Å². The lowest BCUT2D eigenvalue weighted by Gasteiger charge is -2.25. The molecule has 1 N–H and O–H groups in total. The molecule has 0 bridgehead atoms. The summed E-state index contributed by atoms with van der Waals surface area (Å²) in [6.45, 7) is 4.03. The Balaban J connectivity index is 2.25. The van der Waals surface area contributed by atoms with Crippen molar-refractivity contribution in [3.05, 3.63) is 65.5 Å². The minimum absolute atomic E-state index is 0.283. The average Bonchev–Trinajstić information content (AvgIpc) is 2.55. The Hall–Kier alpha value is -2.69. The third-order valence-electron chi connectivity index (χ3n) is 3.75. The zero-order chi connectivity index (χ0) is 16.8. The molecule has 1 unspecified atom stereocenters. The lowest BCUT2D eigenvalue weighted by atomic mass is 10.1. The predicted molar refractivity (Wildman–Crippen MR) is 86.5 cm³/mol. The Bertz CT molecular complexity index is 686. The van der Waals surface area contributed by atoms with Crippen LogP contribution in [-0.2, 0) is 22.7 Å². The van der Waals surface area contributed by atoms with Crippen LogP contribution >= 0.6 is 0 Å². The third-order valence-corrected chi connectivity index (χ3v) is 3.75. The van der Waals surface area contributed by atoms with Gasteiger partial charge in [-0.3, -0.25) is 14.6 Å². The van der Waals surface area contributed by atoms with Gasteiger partial charge in [0.1, 0.15) is 5.92 Å². The maximum absolute atomic E-state index is 12.5. The number of aliphatic carboxylic acids is 1. The van der Waals surface area contributed by atoms with Crippen molar-refractivity contribution in [1.29, 1.82) is 0 Å². The van der Waals surface area contributed by atoms with Crippen molar-refractivity contribution in [3.8, 4) is 0 Å². The second kappa shape index (κ2) is 7.54. The summed E-state index contributed by atoms with van der Waals surface area (Å²) in [4.78, 5) is 29.4. The topological polar surface area (TPSA) is 70.5 Å². The van der Waals surface area contributed by atoms with Gasteiger partial charge < -0.3 is 10.0 Å². The van der Waals surface area contributed by atoms with E-state index in [0.717, 1.165) is 16.8 Å². The molecule has 120 valence electrons. The van der Waals surface area contributed by atoms with Crippen LogP contribution in [0.25, 0.3) is 0 Å². The second-order valence-electron chi connectivity index (χ2n) is 5.50. The number of amides is 1. The molecule has 5 heteroatoms. The van der Waals surface area contributed by atoms with Crippen LogP contribution in [0.5, 0.6) is 0 Å². The highest BCUT2D eigenvalue weighted by Gasteiger charge is 2.26. The molecule has 0 spiro atoms. The number of hydrogen-bond acceptors (Lipinski definition) is 3. The quantitative estimate of drug-likeness (QED) is 0.832. The molecule has 1 atom stereocenters. The standard InChI is InChI=1S/C18H20N2O3/c1-13-7-3-4-8-15(13)11-20(17(21)14(2)18(22)23)12-16-9-5-6-10-19-16/h3-10,14H,11-12H2,1-2H3,(H,22,23). The lowest BCUT2D eigenvalue weighted by molar-refractivity contribution is -0.151. The fourth-order valence-electron chi connectivity index (χ4n) is 2.27. The maximum Gasteiger partial charge on any atom is 0.315 e. The molecular formula is C18H20N2O3. The molecule has 0 saturated heterocycles. The number of carboxylic acid groups (broad SMARTS) is 1. The first-order chi connectivity index (χ1) is 11.0. The zero-order valence-corrected chi connectivity index (χ0v) is 13.3. The molecule has 5 nitrogen and oxygen atoms in total. The van der Waals surface area contributed by atoms with Gasteiger partial charge in [0, 0.05) is 12.7 Å². The summed E-state index contributed by atoms with van der Waals surface area (Å²) in [6, 6.07) is 13.2. The van der Waals surface area contributed by atoms with E-state index < -0.39 is 17.8 Å².